The largest absolute Gasteiger partial charge is 0.397 e. The number of nitrogens with one attached hydrogen (secondary N) is 3. The van der Waals surface area contributed by atoms with Gasteiger partial charge in [-0.2, -0.15) is 5.10 Å². The quantitative estimate of drug-likeness (QED) is 0.246. The van der Waals surface area contributed by atoms with Crippen LogP contribution in [0.1, 0.15) is 5.56 Å². The average Bonchev–Trinajstić information content (AvgIpc) is 3.51. The van der Waals surface area contributed by atoms with Crippen molar-refractivity contribution < 1.29 is 17.2 Å². The van der Waals surface area contributed by atoms with E-state index in [0.29, 0.717) is 44.6 Å². The summed E-state index contributed by atoms with van der Waals surface area (Å²) >= 11 is 0. The Balaban J connectivity index is 1.46. The van der Waals surface area contributed by atoms with Crippen LogP contribution in [-0.2, 0) is 16.6 Å². The third-order valence-corrected chi connectivity index (χ3v) is 6.66. The first kappa shape index (κ1) is 24.5. The van der Waals surface area contributed by atoms with E-state index >= 15 is 4.39 Å². The second-order valence-electron chi connectivity index (χ2n) is 8.87. The first-order chi connectivity index (χ1) is 18.7. The summed E-state index contributed by atoms with van der Waals surface area (Å²) in [5.41, 5.74) is 9.37. The Bertz CT molecular complexity index is 2000. The number of hydrogen-bond donors (Lipinski definition) is 4. The van der Waals surface area contributed by atoms with Crippen molar-refractivity contribution in [2.45, 2.75) is 6.54 Å². The third-order valence-electron chi connectivity index (χ3n) is 5.99. The van der Waals surface area contributed by atoms with E-state index in [1.54, 1.807) is 18.2 Å². The normalized spacial score (nSPS) is 12.0. The summed E-state index contributed by atoms with van der Waals surface area (Å²) in [6.07, 6.45) is 6.92. The van der Waals surface area contributed by atoms with E-state index in [2.05, 4.69) is 39.8 Å². The van der Waals surface area contributed by atoms with E-state index < -0.39 is 21.7 Å². The summed E-state index contributed by atoms with van der Waals surface area (Å²) in [6, 6.07) is 7.45. The smallest absolute Gasteiger partial charge is 0.209 e. The van der Waals surface area contributed by atoms with Crippen molar-refractivity contribution in [1.82, 2.24) is 39.8 Å². The van der Waals surface area contributed by atoms with E-state index in [1.165, 1.54) is 36.9 Å². The predicted octanol–water partition coefficient (Wildman–Crippen LogP) is 3.53. The van der Waals surface area contributed by atoms with E-state index in [4.69, 9.17) is 5.73 Å². The second kappa shape index (κ2) is 9.18. The molecule has 5 aromatic heterocycles. The second-order valence-corrected chi connectivity index (χ2v) is 10.7. The fourth-order valence-electron chi connectivity index (χ4n) is 4.31. The number of nitrogen functional groups attached to an aromatic ring is 1. The van der Waals surface area contributed by atoms with Gasteiger partial charge in [0.2, 0.25) is 10.0 Å². The number of rotatable bonds is 6. The van der Waals surface area contributed by atoms with E-state index in [-0.39, 0.29) is 29.1 Å². The Morgan fingerprint density at radius 1 is 1.03 bits per heavy atom. The van der Waals surface area contributed by atoms with Crippen LogP contribution < -0.4 is 10.5 Å². The number of nitrogens with two attached hydrogens (primary N) is 1. The lowest BCUT2D eigenvalue weighted by atomic mass is 10.0. The molecule has 196 valence electrons. The number of H-pyrrole nitrogens is 2. The molecule has 0 saturated carbocycles. The number of halogens is 2. The van der Waals surface area contributed by atoms with E-state index in [0.717, 1.165) is 6.26 Å². The van der Waals surface area contributed by atoms with Gasteiger partial charge in [0.05, 0.1) is 29.0 Å². The number of benzene rings is 1. The summed E-state index contributed by atoms with van der Waals surface area (Å²) in [7, 11) is -3.47. The molecule has 6 aromatic rings. The third kappa shape index (κ3) is 4.66. The number of imidazole rings is 1. The van der Waals surface area contributed by atoms with Crippen molar-refractivity contribution in [2.75, 3.05) is 12.0 Å². The van der Waals surface area contributed by atoms with Gasteiger partial charge < -0.3 is 10.7 Å². The van der Waals surface area contributed by atoms with Crippen LogP contribution in [0, 0.1) is 11.6 Å². The molecule has 0 radical (unpaired) electrons. The predicted molar refractivity (Wildman–Crippen MR) is 141 cm³/mol. The molecule has 5 heterocycles. The highest BCUT2D eigenvalue weighted by atomic mass is 32.2. The van der Waals surface area contributed by atoms with Gasteiger partial charge in [0.15, 0.2) is 17.3 Å². The lowest BCUT2D eigenvalue weighted by Crippen LogP contribution is -2.21. The minimum atomic E-state index is -3.47. The SMILES string of the molecule is CS(=O)(=O)NCc1cc(F)cc(-c2ccnc3[nH]c(-c4n[nH]c5cnc(-c6cncc(N)c6)c(F)c45)nc23)c1. The van der Waals surface area contributed by atoms with Crippen molar-refractivity contribution in [2.24, 2.45) is 0 Å². The molecule has 0 atom stereocenters. The number of fused-ring (bicyclic) bond motifs is 2. The summed E-state index contributed by atoms with van der Waals surface area (Å²) in [5.74, 6) is -0.950. The zero-order valence-corrected chi connectivity index (χ0v) is 21.0. The standard InChI is InChI=1S/C25H19F2N9O2S/c1-39(37,38)32-8-12-4-13(6-15(26)5-12)17-2-3-30-24-22(17)33-25(34-24)23-19-18(35-36-23)11-31-21(20(19)27)14-7-16(28)10-29-9-14/h2-7,9-11,32H,8,28H2,1H3,(H,35,36)(H,30,33,34). The first-order valence-electron chi connectivity index (χ1n) is 11.5. The number of sulfonamides is 1. The van der Waals surface area contributed by atoms with Crippen molar-refractivity contribution in [3.63, 3.8) is 0 Å². The van der Waals surface area contributed by atoms with Gasteiger partial charge in [-0.1, -0.05) is 0 Å². The summed E-state index contributed by atoms with van der Waals surface area (Å²) in [5, 5.41) is 7.19. The number of pyridine rings is 3. The van der Waals surface area contributed by atoms with E-state index in [9.17, 15) is 12.8 Å². The molecule has 0 amide bonds. The molecule has 0 aliphatic carbocycles. The molecule has 0 fully saturated rings. The fourth-order valence-corrected chi connectivity index (χ4v) is 4.74. The topological polar surface area (TPSA) is 168 Å². The molecule has 0 aliphatic rings. The Labute approximate surface area is 219 Å². The molecule has 0 spiro atoms. The Kier molecular flexibility index (Phi) is 5.77. The van der Waals surface area contributed by atoms with Crippen LogP contribution in [0.2, 0.25) is 0 Å². The van der Waals surface area contributed by atoms with Crippen LogP contribution in [-0.4, -0.2) is 49.8 Å². The lowest BCUT2D eigenvalue weighted by Gasteiger charge is -2.08. The Hall–Kier alpha value is -4.82. The van der Waals surface area contributed by atoms with Gasteiger partial charge in [-0.05, 0) is 41.5 Å². The maximum atomic E-state index is 15.8. The Morgan fingerprint density at radius 3 is 2.67 bits per heavy atom. The zero-order chi connectivity index (χ0) is 27.3. The number of aromatic nitrogens is 7. The van der Waals surface area contributed by atoms with E-state index in [1.807, 2.05) is 0 Å². The van der Waals surface area contributed by atoms with Gasteiger partial charge >= 0.3 is 0 Å². The lowest BCUT2D eigenvalue weighted by molar-refractivity contribution is 0.586. The fraction of sp³-hybridized carbons (Fsp3) is 0.0800. The van der Waals surface area contributed by atoms with Crippen LogP contribution in [0.25, 0.3) is 56.0 Å². The molecule has 1 aromatic carbocycles. The van der Waals surface area contributed by atoms with Crippen molar-refractivity contribution >= 4 is 37.8 Å². The monoisotopic (exact) mass is 547 g/mol. The van der Waals surface area contributed by atoms with Crippen molar-refractivity contribution in [1.29, 1.82) is 0 Å². The molecule has 5 N–H and O–H groups in total. The maximum Gasteiger partial charge on any atom is 0.209 e. The molecule has 0 unspecified atom stereocenters. The van der Waals surface area contributed by atoms with Crippen molar-refractivity contribution in [3.05, 3.63) is 72.3 Å². The van der Waals surface area contributed by atoms with Crippen LogP contribution in [0.3, 0.4) is 0 Å². The molecule has 14 heteroatoms. The van der Waals surface area contributed by atoms with Crippen molar-refractivity contribution in [3.8, 4) is 33.9 Å². The highest BCUT2D eigenvalue weighted by Gasteiger charge is 2.22. The van der Waals surface area contributed by atoms with Gasteiger partial charge in [-0.25, -0.2) is 31.9 Å². The molecule has 0 bridgehead atoms. The number of anilines is 1. The molecular formula is C25H19F2N9O2S. The minimum Gasteiger partial charge on any atom is -0.397 e. The summed E-state index contributed by atoms with van der Waals surface area (Å²) < 4.78 is 55.6. The van der Waals surface area contributed by atoms with Crippen LogP contribution in [0.4, 0.5) is 14.5 Å². The Morgan fingerprint density at radius 2 is 1.87 bits per heavy atom. The number of hydrogen-bond acceptors (Lipinski definition) is 8. The molecule has 11 nitrogen and oxygen atoms in total. The molecule has 39 heavy (non-hydrogen) atoms. The molecule has 0 saturated heterocycles. The molecular weight excluding hydrogens is 528 g/mol. The van der Waals surface area contributed by atoms with Gasteiger partial charge in [0, 0.05) is 36.3 Å². The first-order valence-corrected chi connectivity index (χ1v) is 13.4. The maximum absolute atomic E-state index is 15.8. The number of nitrogens with zero attached hydrogens (tertiary/aromatic N) is 5. The van der Waals surface area contributed by atoms with Gasteiger partial charge in [0.1, 0.15) is 22.7 Å². The van der Waals surface area contributed by atoms with Crippen LogP contribution >= 0.6 is 0 Å². The van der Waals surface area contributed by atoms with Gasteiger partial charge in [0.25, 0.3) is 0 Å². The summed E-state index contributed by atoms with van der Waals surface area (Å²) in [6.45, 7) is -0.0822. The minimum absolute atomic E-state index is 0.0508. The van der Waals surface area contributed by atoms with Crippen LogP contribution in [0.5, 0.6) is 0 Å². The highest BCUT2D eigenvalue weighted by Crippen LogP contribution is 2.34. The van der Waals surface area contributed by atoms with Gasteiger partial charge in [-0.15, -0.1) is 0 Å². The molecule has 0 aliphatic heterocycles. The summed E-state index contributed by atoms with van der Waals surface area (Å²) in [4.78, 5) is 20.2. The van der Waals surface area contributed by atoms with Gasteiger partial charge in [-0.3, -0.25) is 15.1 Å². The highest BCUT2D eigenvalue weighted by molar-refractivity contribution is 7.88. The zero-order valence-electron chi connectivity index (χ0n) is 20.2. The van der Waals surface area contributed by atoms with Crippen LogP contribution in [0.15, 0.2) is 55.1 Å². The number of aromatic amines is 2. The molecule has 6 rings (SSSR count). The average molecular weight is 548 g/mol.